The largest absolute Gasteiger partial charge is 0.353 e. The minimum Gasteiger partial charge on any atom is -0.353 e. The third-order valence-electron chi connectivity index (χ3n) is 4.96. The molecule has 23 heavy (non-hydrogen) atoms. The van der Waals surface area contributed by atoms with Gasteiger partial charge >= 0.3 is 0 Å². The summed E-state index contributed by atoms with van der Waals surface area (Å²) < 4.78 is 0. The number of hydrogen-bond acceptors (Lipinski definition) is 3. The SMILES string of the molecule is CC(=O)N1CCC(C(=O)NC2CCN(C(=O)C(C)C)CC2)CC1. The van der Waals surface area contributed by atoms with Crippen molar-refractivity contribution in [3.63, 3.8) is 0 Å². The number of carbonyl (C=O) groups is 3. The Morgan fingerprint density at radius 3 is 1.91 bits per heavy atom. The van der Waals surface area contributed by atoms with Crippen molar-refractivity contribution in [3.05, 3.63) is 0 Å². The molecule has 6 nitrogen and oxygen atoms in total. The molecule has 0 radical (unpaired) electrons. The third kappa shape index (κ3) is 4.69. The van der Waals surface area contributed by atoms with Gasteiger partial charge in [0.1, 0.15) is 0 Å². The molecular formula is C17H29N3O3. The molecule has 2 fully saturated rings. The summed E-state index contributed by atoms with van der Waals surface area (Å²) in [6.07, 6.45) is 3.15. The number of nitrogens with one attached hydrogen (secondary N) is 1. The van der Waals surface area contributed by atoms with E-state index >= 15 is 0 Å². The molecule has 2 heterocycles. The van der Waals surface area contributed by atoms with Gasteiger partial charge in [-0.25, -0.2) is 0 Å². The lowest BCUT2D eigenvalue weighted by Crippen LogP contribution is -2.50. The predicted molar refractivity (Wildman–Crippen MR) is 87.6 cm³/mol. The molecule has 0 unspecified atom stereocenters. The summed E-state index contributed by atoms with van der Waals surface area (Å²) in [4.78, 5) is 39.4. The quantitative estimate of drug-likeness (QED) is 0.843. The van der Waals surface area contributed by atoms with E-state index in [0.29, 0.717) is 13.1 Å². The minimum absolute atomic E-state index is 0.0147. The lowest BCUT2D eigenvalue weighted by molar-refractivity contribution is -0.136. The van der Waals surface area contributed by atoms with Crippen LogP contribution in [0.15, 0.2) is 0 Å². The second kappa shape index (κ2) is 7.79. The topological polar surface area (TPSA) is 69.7 Å². The van der Waals surface area contributed by atoms with Crippen LogP contribution in [0, 0.1) is 11.8 Å². The normalized spacial score (nSPS) is 20.7. The van der Waals surface area contributed by atoms with Crippen LogP contribution in [-0.4, -0.2) is 59.7 Å². The maximum atomic E-state index is 12.4. The number of carbonyl (C=O) groups excluding carboxylic acids is 3. The van der Waals surface area contributed by atoms with E-state index in [-0.39, 0.29) is 35.6 Å². The Hall–Kier alpha value is -1.59. The molecule has 0 saturated carbocycles. The Kier molecular flexibility index (Phi) is 6.02. The number of hydrogen-bond donors (Lipinski definition) is 1. The number of amides is 3. The molecule has 0 spiro atoms. The minimum atomic E-state index is 0.0147. The zero-order chi connectivity index (χ0) is 17.0. The molecule has 130 valence electrons. The van der Waals surface area contributed by atoms with Crippen molar-refractivity contribution in [3.8, 4) is 0 Å². The average Bonchev–Trinajstić information content (AvgIpc) is 2.54. The van der Waals surface area contributed by atoms with Gasteiger partial charge in [-0.3, -0.25) is 14.4 Å². The fourth-order valence-corrected chi connectivity index (χ4v) is 3.38. The predicted octanol–water partition coefficient (Wildman–Crippen LogP) is 1.01. The van der Waals surface area contributed by atoms with Crippen LogP contribution < -0.4 is 5.32 Å². The molecule has 2 aliphatic heterocycles. The molecule has 0 atom stereocenters. The lowest BCUT2D eigenvalue weighted by atomic mass is 9.94. The summed E-state index contributed by atoms with van der Waals surface area (Å²) in [5.74, 6) is 0.452. The van der Waals surface area contributed by atoms with Gasteiger partial charge in [0.2, 0.25) is 17.7 Å². The molecule has 6 heteroatoms. The molecule has 2 rings (SSSR count). The van der Waals surface area contributed by atoms with E-state index in [9.17, 15) is 14.4 Å². The Labute approximate surface area is 138 Å². The molecule has 2 saturated heterocycles. The van der Waals surface area contributed by atoms with Crippen LogP contribution in [0.25, 0.3) is 0 Å². The van der Waals surface area contributed by atoms with Crippen molar-refractivity contribution < 1.29 is 14.4 Å². The molecule has 0 aromatic heterocycles. The molecule has 0 aliphatic carbocycles. The van der Waals surface area contributed by atoms with Crippen LogP contribution in [0.2, 0.25) is 0 Å². The van der Waals surface area contributed by atoms with Gasteiger partial charge in [-0.05, 0) is 25.7 Å². The Balaban J connectivity index is 1.73. The Morgan fingerprint density at radius 2 is 1.43 bits per heavy atom. The van der Waals surface area contributed by atoms with Crippen molar-refractivity contribution in [2.45, 2.75) is 52.5 Å². The van der Waals surface area contributed by atoms with E-state index in [2.05, 4.69) is 5.32 Å². The highest BCUT2D eigenvalue weighted by molar-refractivity contribution is 5.80. The smallest absolute Gasteiger partial charge is 0.225 e. The van der Waals surface area contributed by atoms with Crippen molar-refractivity contribution in [2.75, 3.05) is 26.2 Å². The van der Waals surface area contributed by atoms with Gasteiger partial charge in [-0.2, -0.15) is 0 Å². The first kappa shape index (κ1) is 17.8. The monoisotopic (exact) mass is 323 g/mol. The van der Waals surface area contributed by atoms with E-state index in [0.717, 1.165) is 38.8 Å². The zero-order valence-electron chi connectivity index (χ0n) is 14.5. The molecular weight excluding hydrogens is 294 g/mol. The summed E-state index contributed by atoms with van der Waals surface area (Å²) in [6, 6.07) is 0.171. The van der Waals surface area contributed by atoms with Gasteiger partial charge in [0, 0.05) is 51.0 Å². The Bertz CT molecular complexity index is 448. The van der Waals surface area contributed by atoms with E-state index in [4.69, 9.17) is 0 Å². The van der Waals surface area contributed by atoms with E-state index < -0.39 is 0 Å². The summed E-state index contributed by atoms with van der Waals surface area (Å²) in [5.41, 5.74) is 0. The molecule has 2 aliphatic rings. The highest BCUT2D eigenvalue weighted by Gasteiger charge is 2.29. The van der Waals surface area contributed by atoms with Gasteiger partial charge in [0.25, 0.3) is 0 Å². The summed E-state index contributed by atoms with van der Waals surface area (Å²) in [6.45, 7) is 8.22. The van der Waals surface area contributed by atoms with Crippen LogP contribution in [-0.2, 0) is 14.4 Å². The van der Waals surface area contributed by atoms with Crippen molar-refractivity contribution in [1.82, 2.24) is 15.1 Å². The second-order valence-corrected chi connectivity index (χ2v) is 7.04. The van der Waals surface area contributed by atoms with E-state index in [1.54, 1.807) is 11.8 Å². The third-order valence-corrected chi connectivity index (χ3v) is 4.96. The van der Waals surface area contributed by atoms with Crippen LogP contribution >= 0.6 is 0 Å². The first-order chi connectivity index (χ1) is 10.9. The van der Waals surface area contributed by atoms with Crippen molar-refractivity contribution in [2.24, 2.45) is 11.8 Å². The molecule has 0 aromatic rings. The maximum Gasteiger partial charge on any atom is 0.225 e. The molecule has 0 aromatic carbocycles. The highest BCUT2D eigenvalue weighted by Crippen LogP contribution is 2.19. The van der Waals surface area contributed by atoms with Crippen molar-refractivity contribution >= 4 is 17.7 Å². The lowest BCUT2D eigenvalue weighted by Gasteiger charge is -2.35. The molecule has 1 N–H and O–H groups in total. The van der Waals surface area contributed by atoms with Gasteiger partial charge < -0.3 is 15.1 Å². The fraction of sp³-hybridized carbons (Fsp3) is 0.824. The first-order valence-electron chi connectivity index (χ1n) is 8.73. The summed E-state index contributed by atoms with van der Waals surface area (Å²) >= 11 is 0. The maximum absolute atomic E-state index is 12.4. The van der Waals surface area contributed by atoms with Gasteiger partial charge in [0.15, 0.2) is 0 Å². The number of nitrogens with zero attached hydrogens (tertiary/aromatic N) is 2. The van der Waals surface area contributed by atoms with Crippen LogP contribution in [0.5, 0.6) is 0 Å². The fourth-order valence-electron chi connectivity index (χ4n) is 3.38. The zero-order valence-corrected chi connectivity index (χ0v) is 14.5. The van der Waals surface area contributed by atoms with E-state index in [1.807, 2.05) is 18.7 Å². The van der Waals surface area contributed by atoms with Crippen LogP contribution in [0.3, 0.4) is 0 Å². The standard InChI is InChI=1S/C17H29N3O3/c1-12(2)17(23)20-10-6-15(7-11-20)18-16(22)14-4-8-19(9-5-14)13(3)21/h12,14-15H,4-11H2,1-3H3,(H,18,22). The number of rotatable bonds is 3. The average molecular weight is 323 g/mol. The summed E-state index contributed by atoms with van der Waals surface area (Å²) in [5, 5.41) is 3.14. The van der Waals surface area contributed by atoms with Crippen molar-refractivity contribution in [1.29, 1.82) is 0 Å². The molecule has 3 amide bonds. The van der Waals surface area contributed by atoms with Crippen LogP contribution in [0.1, 0.15) is 46.5 Å². The number of piperidine rings is 2. The highest BCUT2D eigenvalue weighted by atomic mass is 16.2. The molecule has 0 bridgehead atoms. The van der Waals surface area contributed by atoms with Gasteiger partial charge in [0.05, 0.1) is 0 Å². The van der Waals surface area contributed by atoms with E-state index in [1.165, 1.54) is 0 Å². The van der Waals surface area contributed by atoms with Gasteiger partial charge in [-0.1, -0.05) is 13.8 Å². The summed E-state index contributed by atoms with van der Waals surface area (Å²) in [7, 11) is 0. The number of likely N-dealkylation sites (tertiary alicyclic amines) is 2. The van der Waals surface area contributed by atoms with Gasteiger partial charge in [-0.15, -0.1) is 0 Å². The first-order valence-corrected chi connectivity index (χ1v) is 8.73. The van der Waals surface area contributed by atoms with Crippen LogP contribution in [0.4, 0.5) is 0 Å². The second-order valence-electron chi connectivity index (χ2n) is 7.04. The Morgan fingerprint density at radius 1 is 0.913 bits per heavy atom.